The molecule has 0 aliphatic carbocycles. The van der Waals surface area contributed by atoms with Gasteiger partial charge in [-0.25, -0.2) is 15.0 Å². The molecule has 7 aromatic carbocycles. The third kappa shape index (κ3) is 5.27. The molecule has 0 spiro atoms. The Morgan fingerprint density at radius 2 is 0.964 bits per heavy atom. The highest BCUT2D eigenvalue weighted by atomic mass is 16.3. The van der Waals surface area contributed by atoms with E-state index < -0.39 is 0 Å². The van der Waals surface area contributed by atoms with E-state index in [1.54, 1.807) is 0 Å². The third-order valence-electron chi connectivity index (χ3n) is 11.6. The van der Waals surface area contributed by atoms with Crippen LogP contribution in [-0.2, 0) is 0 Å². The Morgan fingerprint density at radius 3 is 1.71 bits per heavy atom. The Morgan fingerprint density at radius 1 is 0.400 bits per heavy atom. The van der Waals surface area contributed by atoms with Crippen molar-refractivity contribution in [3.63, 3.8) is 0 Å². The molecule has 0 aliphatic heterocycles. The predicted molar refractivity (Wildman–Crippen MR) is 244 cm³/mol. The van der Waals surface area contributed by atoms with E-state index in [-0.39, 0.29) is 0 Å². The summed E-state index contributed by atoms with van der Waals surface area (Å²) in [4.78, 5) is 15.4. The van der Waals surface area contributed by atoms with Gasteiger partial charge in [-0.1, -0.05) is 108 Å². The number of rotatable bonds is 5. The number of para-hydroxylation sites is 2. The zero-order valence-corrected chi connectivity index (χ0v) is 31.5. The highest BCUT2D eigenvalue weighted by Crippen LogP contribution is 2.40. The lowest BCUT2D eigenvalue weighted by Gasteiger charge is -2.20. The SMILES string of the molecule is Bc1c(B)c(B)c(-c2nc(-c3ccccc3)nc(-c3ccc4oc5c(-n6c7ccccc7c7cc(-c8ccccc8)ccc76)cccc5c4c3)n2)c(B)c1B. The first kappa shape index (κ1) is 33.1. The van der Waals surface area contributed by atoms with E-state index >= 15 is 0 Å². The fraction of sp³-hybridized carbons (Fsp3) is 0. The predicted octanol–water partition coefficient (Wildman–Crippen LogP) is 2.83. The summed E-state index contributed by atoms with van der Waals surface area (Å²) >= 11 is 0. The fourth-order valence-corrected chi connectivity index (χ4v) is 8.31. The molecule has 0 aliphatic rings. The second-order valence-electron chi connectivity index (χ2n) is 14.6. The Labute approximate surface area is 323 Å². The van der Waals surface area contributed by atoms with Gasteiger partial charge in [-0.3, -0.25) is 0 Å². The Bertz CT molecular complexity index is 3130. The van der Waals surface area contributed by atoms with E-state index in [0.717, 1.165) is 55.3 Å². The van der Waals surface area contributed by atoms with E-state index in [0.29, 0.717) is 17.5 Å². The summed E-state index contributed by atoms with van der Waals surface area (Å²) in [5.74, 6) is 1.96. The lowest BCUT2D eigenvalue weighted by molar-refractivity contribution is 0.666. The van der Waals surface area contributed by atoms with Crippen LogP contribution in [0.25, 0.3) is 94.7 Å². The van der Waals surface area contributed by atoms with Crippen molar-refractivity contribution in [3.8, 4) is 51.0 Å². The van der Waals surface area contributed by atoms with Crippen LogP contribution in [0.2, 0.25) is 0 Å². The number of hydrogen-bond donors (Lipinski definition) is 0. The van der Waals surface area contributed by atoms with E-state index in [2.05, 4.69) is 165 Å². The molecule has 10 aromatic rings. The highest BCUT2D eigenvalue weighted by Gasteiger charge is 2.21. The summed E-state index contributed by atoms with van der Waals surface area (Å²) in [6, 6.07) is 48.8. The zero-order valence-electron chi connectivity index (χ0n) is 31.5. The van der Waals surface area contributed by atoms with Crippen molar-refractivity contribution in [2.75, 3.05) is 0 Å². The van der Waals surface area contributed by atoms with Crippen LogP contribution in [0.4, 0.5) is 0 Å². The monoisotopic (exact) mass is 700 g/mol. The summed E-state index contributed by atoms with van der Waals surface area (Å²) in [6.45, 7) is 0. The quantitative estimate of drug-likeness (QED) is 0.260. The van der Waals surface area contributed by atoms with Crippen molar-refractivity contribution in [2.45, 2.75) is 0 Å². The number of fused-ring (bicyclic) bond motifs is 6. The van der Waals surface area contributed by atoms with Crippen LogP contribution in [0, 0.1) is 0 Å². The Balaban J connectivity index is 1.16. The minimum atomic E-state index is 0.627. The van der Waals surface area contributed by atoms with E-state index in [4.69, 9.17) is 19.4 Å². The van der Waals surface area contributed by atoms with Crippen LogP contribution < -0.4 is 27.3 Å². The molecule has 0 saturated carbocycles. The van der Waals surface area contributed by atoms with Gasteiger partial charge in [-0.2, -0.15) is 0 Å². The summed E-state index contributed by atoms with van der Waals surface area (Å²) in [5, 5.41) is 4.46. The molecular formula is C45H33B5N4O. The van der Waals surface area contributed by atoms with Crippen molar-refractivity contribution in [3.05, 3.63) is 140 Å². The van der Waals surface area contributed by atoms with Gasteiger partial charge >= 0.3 is 0 Å². The fourth-order valence-electron chi connectivity index (χ4n) is 8.31. The van der Waals surface area contributed by atoms with Gasteiger partial charge in [0.2, 0.25) is 0 Å². The van der Waals surface area contributed by atoms with Gasteiger partial charge in [0, 0.05) is 38.2 Å². The maximum absolute atomic E-state index is 6.77. The maximum atomic E-state index is 6.77. The normalized spacial score (nSPS) is 11.6. The molecule has 5 nitrogen and oxygen atoms in total. The topological polar surface area (TPSA) is 56.7 Å². The van der Waals surface area contributed by atoms with Crippen molar-refractivity contribution in [2.24, 2.45) is 0 Å². The lowest BCUT2D eigenvalue weighted by Crippen LogP contribution is -2.55. The number of benzene rings is 7. The largest absolute Gasteiger partial charge is 0.454 e. The minimum Gasteiger partial charge on any atom is -0.454 e. The minimum absolute atomic E-state index is 0.627. The van der Waals surface area contributed by atoms with Crippen LogP contribution in [-0.4, -0.2) is 58.8 Å². The van der Waals surface area contributed by atoms with Gasteiger partial charge < -0.3 is 8.98 Å². The molecular weight excluding hydrogens is 667 g/mol. The van der Waals surface area contributed by atoms with Gasteiger partial charge in [-0.05, 0) is 53.6 Å². The number of furan rings is 1. The molecule has 0 atom stereocenters. The molecule has 0 fully saturated rings. The zero-order chi connectivity index (χ0) is 37.4. The average Bonchev–Trinajstić information content (AvgIpc) is 3.78. The molecule has 0 radical (unpaired) electrons. The van der Waals surface area contributed by atoms with E-state index in [1.807, 2.05) is 18.2 Å². The highest BCUT2D eigenvalue weighted by molar-refractivity contribution is 6.68. The van der Waals surface area contributed by atoms with Gasteiger partial charge in [0.1, 0.15) is 44.8 Å². The van der Waals surface area contributed by atoms with Crippen LogP contribution in [0.1, 0.15) is 0 Å². The molecule has 10 heteroatoms. The third-order valence-corrected chi connectivity index (χ3v) is 11.6. The smallest absolute Gasteiger partial charge is 0.164 e. The molecule has 0 saturated heterocycles. The lowest BCUT2D eigenvalue weighted by atomic mass is 9.60. The second-order valence-corrected chi connectivity index (χ2v) is 14.6. The first-order chi connectivity index (χ1) is 26.9. The summed E-state index contributed by atoms with van der Waals surface area (Å²) < 4.78 is 9.11. The summed E-state index contributed by atoms with van der Waals surface area (Å²) in [6.07, 6.45) is 0. The van der Waals surface area contributed by atoms with Crippen molar-refractivity contribution in [1.29, 1.82) is 0 Å². The molecule has 3 heterocycles. The van der Waals surface area contributed by atoms with Crippen LogP contribution in [0.15, 0.2) is 144 Å². The first-order valence-electron chi connectivity index (χ1n) is 18.8. The van der Waals surface area contributed by atoms with Crippen LogP contribution >= 0.6 is 0 Å². The summed E-state index contributed by atoms with van der Waals surface area (Å²) in [7, 11) is 10.9. The summed E-state index contributed by atoms with van der Waals surface area (Å²) in [5.41, 5.74) is 16.5. The van der Waals surface area contributed by atoms with Gasteiger partial charge in [0.05, 0.1) is 16.7 Å². The molecule has 0 amide bonds. The molecule has 0 unspecified atom stereocenters. The van der Waals surface area contributed by atoms with Gasteiger partial charge in [0.15, 0.2) is 23.1 Å². The number of hydrogen-bond acceptors (Lipinski definition) is 4. The molecule has 55 heavy (non-hydrogen) atoms. The average molecular weight is 700 g/mol. The van der Waals surface area contributed by atoms with Gasteiger partial charge in [0.25, 0.3) is 0 Å². The maximum Gasteiger partial charge on any atom is 0.164 e. The standard InChI is InChI=1S/C45H33B5N4O/c46-37-36(38(47)40(49)41(50)39(37)48)45-52-43(25-12-5-2-6-13-25)51-44(53-45)27-19-21-35-31(23-27)29-15-9-17-34(42(29)55-35)54-32-16-8-7-14-28(32)30-22-26(18-20-33(30)54)24-10-3-1-4-11-24/h1-23H,46-50H2. The molecule has 0 N–H and O–H groups in total. The van der Waals surface area contributed by atoms with Crippen LogP contribution in [0.3, 0.4) is 0 Å². The molecule has 3 aromatic heterocycles. The second kappa shape index (κ2) is 12.8. The number of aromatic nitrogens is 4. The number of nitrogens with zero attached hydrogens (tertiary/aromatic N) is 4. The van der Waals surface area contributed by atoms with Gasteiger partial charge in [-0.15, -0.1) is 16.4 Å². The van der Waals surface area contributed by atoms with Crippen molar-refractivity contribution >= 4 is 110 Å². The van der Waals surface area contributed by atoms with Crippen molar-refractivity contribution < 1.29 is 4.42 Å². The molecule has 254 valence electrons. The molecule has 10 rings (SSSR count). The Kier molecular flexibility index (Phi) is 7.70. The van der Waals surface area contributed by atoms with Crippen LogP contribution in [0.5, 0.6) is 0 Å². The molecule has 0 bridgehead atoms. The van der Waals surface area contributed by atoms with E-state index in [1.165, 1.54) is 49.2 Å². The van der Waals surface area contributed by atoms with E-state index in [9.17, 15) is 0 Å². The first-order valence-corrected chi connectivity index (χ1v) is 18.8. The Hall–Kier alpha value is -6.53. The van der Waals surface area contributed by atoms with Crippen molar-refractivity contribution in [1.82, 2.24) is 19.5 Å².